The number of halogens is 1. The molecule has 18 heavy (non-hydrogen) atoms. The van der Waals surface area contributed by atoms with Gasteiger partial charge < -0.3 is 4.90 Å². The predicted octanol–water partition coefficient (Wildman–Crippen LogP) is 3.86. The average Bonchev–Trinajstić information content (AvgIpc) is 2.66. The van der Waals surface area contributed by atoms with Crippen molar-refractivity contribution < 1.29 is 4.79 Å². The quantitative estimate of drug-likeness (QED) is 0.760. The van der Waals surface area contributed by atoms with Crippen molar-refractivity contribution in [3.63, 3.8) is 0 Å². The minimum absolute atomic E-state index is 0.132. The topological polar surface area (TPSA) is 20.3 Å². The van der Waals surface area contributed by atoms with Crippen LogP contribution in [0.15, 0.2) is 34.8 Å². The number of hydrogen-bond donors (Lipinski definition) is 0. The smallest absolute Gasteiger partial charge is 0.246 e. The number of amides is 1. The van der Waals surface area contributed by atoms with Crippen LogP contribution in [0.3, 0.4) is 0 Å². The first-order valence-corrected chi connectivity index (χ1v) is 7.28. The second-order valence-corrected chi connectivity index (χ2v) is 5.45. The molecule has 1 fully saturated rings. The molecule has 1 saturated heterocycles. The lowest BCUT2D eigenvalue weighted by Gasteiger charge is -2.17. The SMILES string of the molecule is O=C(/C=C\c1ccccc1Br)N1CCCCCC1. The molecule has 0 atom stereocenters. The zero-order valence-electron chi connectivity index (χ0n) is 10.4. The lowest BCUT2D eigenvalue weighted by molar-refractivity contribution is -0.125. The normalized spacial score (nSPS) is 16.8. The van der Waals surface area contributed by atoms with Gasteiger partial charge in [-0.15, -0.1) is 0 Å². The highest BCUT2D eigenvalue weighted by atomic mass is 79.9. The summed E-state index contributed by atoms with van der Waals surface area (Å²) >= 11 is 3.48. The summed E-state index contributed by atoms with van der Waals surface area (Å²) in [5, 5.41) is 0. The highest BCUT2D eigenvalue weighted by Crippen LogP contribution is 2.17. The van der Waals surface area contributed by atoms with Gasteiger partial charge in [-0.3, -0.25) is 4.79 Å². The largest absolute Gasteiger partial charge is 0.339 e. The Morgan fingerprint density at radius 1 is 1.11 bits per heavy atom. The molecule has 3 heteroatoms. The van der Waals surface area contributed by atoms with Gasteiger partial charge in [0.05, 0.1) is 0 Å². The zero-order valence-corrected chi connectivity index (χ0v) is 12.0. The minimum Gasteiger partial charge on any atom is -0.339 e. The third kappa shape index (κ3) is 3.70. The molecule has 1 aromatic rings. The van der Waals surface area contributed by atoms with Crippen LogP contribution in [0.5, 0.6) is 0 Å². The maximum Gasteiger partial charge on any atom is 0.246 e. The molecule has 0 bridgehead atoms. The van der Waals surface area contributed by atoms with Gasteiger partial charge in [-0.25, -0.2) is 0 Å². The van der Waals surface area contributed by atoms with Gasteiger partial charge in [0.15, 0.2) is 0 Å². The van der Waals surface area contributed by atoms with Crippen molar-refractivity contribution in [1.82, 2.24) is 4.90 Å². The van der Waals surface area contributed by atoms with Crippen molar-refractivity contribution in [2.45, 2.75) is 25.7 Å². The van der Waals surface area contributed by atoms with Crippen molar-refractivity contribution in [3.05, 3.63) is 40.4 Å². The Morgan fingerprint density at radius 3 is 2.44 bits per heavy atom. The molecule has 0 unspecified atom stereocenters. The lowest BCUT2D eigenvalue weighted by Crippen LogP contribution is -2.30. The van der Waals surface area contributed by atoms with E-state index in [4.69, 9.17) is 0 Å². The van der Waals surface area contributed by atoms with Gasteiger partial charge in [0.25, 0.3) is 0 Å². The van der Waals surface area contributed by atoms with Gasteiger partial charge >= 0.3 is 0 Å². The third-order valence-corrected chi connectivity index (χ3v) is 3.95. The molecule has 0 N–H and O–H groups in total. The molecule has 0 spiro atoms. The van der Waals surface area contributed by atoms with Crippen molar-refractivity contribution in [2.24, 2.45) is 0 Å². The van der Waals surface area contributed by atoms with Crippen molar-refractivity contribution in [2.75, 3.05) is 13.1 Å². The van der Waals surface area contributed by atoms with Crippen LogP contribution < -0.4 is 0 Å². The molecule has 2 nitrogen and oxygen atoms in total. The Labute approximate surface area is 117 Å². The molecule has 0 saturated carbocycles. The maximum absolute atomic E-state index is 12.1. The van der Waals surface area contributed by atoms with Crippen LogP contribution in [0.1, 0.15) is 31.2 Å². The van der Waals surface area contributed by atoms with E-state index in [0.29, 0.717) is 0 Å². The van der Waals surface area contributed by atoms with E-state index in [2.05, 4.69) is 15.9 Å². The molecule has 2 rings (SSSR count). The van der Waals surface area contributed by atoms with E-state index in [-0.39, 0.29) is 5.91 Å². The standard InChI is InChI=1S/C15H18BrNO/c16-14-8-4-3-7-13(14)9-10-15(18)17-11-5-1-2-6-12-17/h3-4,7-10H,1-2,5-6,11-12H2/b10-9-. The van der Waals surface area contributed by atoms with Crippen LogP contribution >= 0.6 is 15.9 Å². The molecule has 1 amide bonds. The fourth-order valence-corrected chi connectivity index (χ4v) is 2.58. The maximum atomic E-state index is 12.1. The van der Waals surface area contributed by atoms with Crippen LogP contribution in [0.2, 0.25) is 0 Å². The van der Waals surface area contributed by atoms with Crippen LogP contribution in [-0.2, 0) is 4.79 Å². The number of hydrogen-bond acceptors (Lipinski definition) is 1. The second kappa shape index (κ2) is 6.74. The van der Waals surface area contributed by atoms with Crippen LogP contribution in [0.4, 0.5) is 0 Å². The number of benzene rings is 1. The van der Waals surface area contributed by atoms with Crippen molar-refractivity contribution in [1.29, 1.82) is 0 Å². The van der Waals surface area contributed by atoms with E-state index in [0.717, 1.165) is 36.0 Å². The first-order chi connectivity index (χ1) is 8.77. The molecule has 1 aliphatic heterocycles. The van der Waals surface area contributed by atoms with Crippen molar-refractivity contribution in [3.8, 4) is 0 Å². The number of carbonyl (C=O) groups is 1. The van der Waals surface area contributed by atoms with Crippen molar-refractivity contribution >= 4 is 27.9 Å². The summed E-state index contributed by atoms with van der Waals surface area (Å²) in [7, 11) is 0. The Hall–Kier alpha value is -1.09. The first kappa shape index (κ1) is 13.3. The zero-order chi connectivity index (χ0) is 12.8. The van der Waals surface area contributed by atoms with Gasteiger partial charge in [0, 0.05) is 23.6 Å². The van der Waals surface area contributed by atoms with Crippen LogP contribution in [0, 0.1) is 0 Å². The van der Waals surface area contributed by atoms with E-state index in [9.17, 15) is 4.79 Å². The molecular formula is C15H18BrNO. The molecule has 1 heterocycles. The monoisotopic (exact) mass is 307 g/mol. The molecule has 0 aromatic heterocycles. The summed E-state index contributed by atoms with van der Waals surface area (Å²) in [4.78, 5) is 14.0. The summed E-state index contributed by atoms with van der Waals surface area (Å²) in [6.07, 6.45) is 8.33. The summed E-state index contributed by atoms with van der Waals surface area (Å²) in [5.74, 6) is 0.132. The lowest BCUT2D eigenvalue weighted by atomic mass is 10.2. The summed E-state index contributed by atoms with van der Waals surface area (Å²) in [5.41, 5.74) is 1.04. The van der Waals surface area contributed by atoms with E-state index in [1.807, 2.05) is 35.2 Å². The molecule has 96 valence electrons. The predicted molar refractivity (Wildman–Crippen MR) is 78.2 cm³/mol. The van der Waals surface area contributed by atoms with Gasteiger partial charge in [0.2, 0.25) is 5.91 Å². The van der Waals surface area contributed by atoms with Gasteiger partial charge in [-0.2, -0.15) is 0 Å². The average molecular weight is 308 g/mol. The number of nitrogens with zero attached hydrogens (tertiary/aromatic N) is 1. The van der Waals surface area contributed by atoms with Crippen LogP contribution in [-0.4, -0.2) is 23.9 Å². The Morgan fingerprint density at radius 2 is 1.78 bits per heavy atom. The van der Waals surface area contributed by atoms with E-state index in [1.54, 1.807) is 6.08 Å². The second-order valence-electron chi connectivity index (χ2n) is 4.59. The first-order valence-electron chi connectivity index (χ1n) is 6.49. The van der Waals surface area contributed by atoms with Gasteiger partial charge in [-0.1, -0.05) is 47.0 Å². The van der Waals surface area contributed by atoms with Gasteiger partial charge in [0.1, 0.15) is 0 Å². The number of carbonyl (C=O) groups excluding carboxylic acids is 1. The Balaban J connectivity index is 2.00. The Kier molecular flexibility index (Phi) is 5.00. The fourth-order valence-electron chi connectivity index (χ4n) is 2.17. The molecule has 1 aliphatic rings. The van der Waals surface area contributed by atoms with Gasteiger partial charge in [-0.05, 0) is 30.5 Å². The van der Waals surface area contributed by atoms with E-state index in [1.165, 1.54) is 12.8 Å². The highest BCUT2D eigenvalue weighted by Gasteiger charge is 2.12. The number of likely N-dealkylation sites (tertiary alicyclic amines) is 1. The molecule has 0 radical (unpaired) electrons. The highest BCUT2D eigenvalue weighted by molar-refractivity contribution is 9.10. The summed E-state index contributed by atoms with van der Waals surface area (Å²) < 4.78 is 1.02. The summed E-state index contributed by atoms with van der Waals surface area (Å²) in [6.45, 7) is 1.80. The molecule has 0 aliphatic carbocycles. The fraction of sp³-hybridized carbons (Fsp3) is 0.400. The third-order valence-electron chi connectivity index (χ3n) is 3.23. The minimum atomic E-state index is 0.132. The van der Waals surface area contributed by atoms with E-state index < -0.39 is 0 Å². The Bertz CT molecular complexity index is 434. The molecule has 1 aromatic carbocycles. The summed E-state index contributed by atoms with van der Waals surface area (Å²) in [6, 6.07) is 7.92. The number of rotatable bonds is 2. The van der Waals surface area contributed by atoms with Crippen LogP contribution in [0.25, 0.3) is 6.08 Å². The molecular weight excluding hydrogens is 290 g/mol. The van der Waals surface area contributed by atoms with E-state index >= 15 is 0 Å².